The molecule has 18 heavy (non-hydrogen) atoms. The van der Waals surface area contributed by atoms with E-state index in [2.05, 4.69) is 10.5 Å². The number of aromatic nitrogens is 1. The van der Waals surface area contributed by atoms with E-state index in [1.54, 1.807) is 0 Å². The van der Waals surface area contributed by atoms with Gasteiger partial charge in [0.25, 0.3) is 5.91 Å². The Morgan fingerprint density at radius 3 is 2.78 bits per heavy atom. The molecule has 2 rings (SSSR count). The first-order valence-electron chi connectivity index (χ1n) is 5.32. The van der Waals surface area contributed by atoms with Gasteiger partial charge in [0, 0.05) is 18.2 Å². The molecular weight excluding hydrogens is 239 g/mol. The van der Waals surface area contributed by atoms with E-state index in [1.807, 2.05) is 0 Å². The molecule has 0 fully saturated rings. The van der Waals surface area contributed by atoms with Gasteiger partial charge in [0.05, 0.1) is 6.61 Å². The maximum absolute atomic E-state index is 12.7. The van der Waals surface area contributed by atoms with Gasteiger partial charge in [-0.15, -0.1) is 0 Å². The monoisotopic (exact) mass is 250 g/mol. The first-order chi connectivity index (χ1) is 8.70. The molecule has 0 bridgehead atoms. The summed E-state index contributed by atoms with van der Waals surface area (Å²) in [5, 5.41) is 14.6. The zero-order chi connectivity index (χ0) is 13.0. The molecule has 5 nitrogen and oxygen atoms in total. The number of carbonyl (C=O) groups excluding carboxylic acids is 1. The van der Waals surface area contributed by atoms with Crippen molar-refractivity contribution in [2.75, 3.05) is 13.2 Å². The largest absolute Gasteiger partial charge is 0.395 e. The minimum atomic E-state index is -0.429. The second kappa shape index (κ2) is 5.42. The fraction of sp³-hybridized carbons (Fsp3) is 0.167. The minimum Gasteiger partial charge on any atom is -0.395 e. The van der Waals surface area contributed by atoms with Crippen LogP contribution in [0.25, 0.3) is 11.3 Å². The molecule has 6 heteroatoms. The summed E-state index contributed by atoms with van der Waals surface area (Å²) < 4.78 is 17.7. The summed E-state index contributed by atoms with van der Waals surface area (Å²) in [5.74, 6) is -0.399. The first-order valence-corrected chi connectivity index (χ1v) is 5.32. The highest BCUT2D eigenvalue weighted by Gasteiger charge is 2.12. The molecular formula is C12H11FN2O3. The van der Waals surface area contributed by atoms with Gasteiger partial charge in [-0.3, -0.25) is 4.79 Å². The molecule has 0 saturated heterocycles. The summed E-state index contributed by atoms with van der Waals surface area (Å²) in [5.41, 5.74) is 0.743. The molecule has 0 saturated carbocycles. The Labute approximate surface area is 102 Å². The highest BCUT2D eigenvalue weighted by molar-refractivity contribution is 5.93. The van der Waals surface area contributed by atoms with Gasteiger partial charge in [0.1, 0.15) is 5.82 Å². The van der Waals surface area contributed by atoms with Crippen molar-refractivity contribution in [1.82, 2.24) is 10.5 Å². The molecule has 0 unspecified atom stereocenters. The van der Waals surface area contributed by atoms with Crippen LogP contribution in [0.3, 0.4) is 0 Å². The third-order valence-electron chi connectivity index (χ3n) is 2.27. The maximum atomic E-state index is 12.7. The van der Waals surface area contributed by atoms with Gasteiger partial charge < -0.3 is 14.9 Å². The molecule has 0 atom stereocenters. The normalized spacial score (nSPS) is 10.3. The summed E-state index contributed by atoms with van der Waals surface area (Å²) in [7, 11) is 0. The van der Waals surface area contributed by atoms with Crippen molar-refractivity contribution in [3.63, 3.8) is 0 Å². The second-order valence-electron chi connectivity index (χ2n) is 3.56. The summed E-state index contributed by atoms with van der Waals surface area (Å²) in [6.07, 6.45) is 0. The molecule has 2 aromatic rings. The molecule has 0 radical (unpaired) electrons. The van der Waals surface area contributed by atoms with Crippen LogP contribution < -0.4 is 5.32 Å². The Morgan fingerprint density at radius 2 is 2.11 bits per heavy atom. The third kappa shape index (κ3) is 2.72. The van der Waals surface area contributed by atoms with Crippen LogP contribution >= 0.6 is 0 Å². The quantitative estimate of drug-likeness (QED) is 0.855. The Balaban J connectivity index is 2.15. The van der Waals surface area contributed by atoms with Gasteiger partial charge in [0.2, 0.25) is 0 Å². The standard InChI is InChI=1S/C12H11FN2O3/c13-9-3-1-8(2-4-9)11-7-10(15-18-11)12(17)14-5-6-16/h1-4,7,16H,5-6H2,(H,14,17). The van der Waals surface area contributed by atoms with Crippen molar-refractivity contribution in [2.24, 2.45) is 0 Å². The highest BCUT2D eigenvalue weighted by atomic mass is 19.1. The predicted octanol–water partition coefficient (Wildman–Crippen LogP) is 1.20. The fourth-order valence-electron chi connectivity index (χ4n) is 1.39. The number of hydrogen-bond acceptors (Lipinski definition) is 4. The topological polar surface area (TPSA) is 75.4 Å². The van der Waals surface area contributed by atoms with Crippen molar-refractivity contribution in [2.45, 2.75) is 0 Å². The zero-order valence-corrected chi connectivity index (χ0v) is 9.39. The van der Waals surface area contributed by atoms with Crippen molar-refractivity contribution in [1.29, 1.82) is 0 Å². The van der Waals surface area contributed by atoms with Crippen LogP contribution in [0.15, 0.2) is 34.9 Å². The molecule has 1 aromatic heterocycles. The Hall–Kier alpha value is -2.21. The van der Waals surface area contributed by atoms with Gasteiger partial charge >= 0.3 is 0 Å². The van der Waals surface area contributed by atoms with Crippen molar-refractivity contribution < 1.29 is 18.8 Å². The Morgan fingerprint density at radius 1 is 1.39 bits per heavy atom. The molecule has 1 heterocycles. The number of halogens is 1. The number of benzene rings is 1. The lowest BCUT2D eigenvalue weighted by Crippen LogP contribution is -2.26. The first kappa shape index (κ1) is 12.3. The number of rotatable bonds is 4. The van der Waals surface area contributed by atoms with Crippen LogP contribution in [0, 0.1) is 5.82 Å². The predicted molar refractivity (Wildman–Crippen MR) is 61.3 cm³/mol. The molecule has 0 aliphatic rings. The van der Waals surface area contributed by atoms with E-state index in [4.69, 9.17) is 9.63 Å². The summed E-state index contributed by atoms with van der Waals surface area (Å²) in [6.45, 7) is 0.00594. The molecule has 94 valence electrons. The average molecular weight is 250 g/mol. The summed E-state index contributed by atoms with van der Waals surface area (Å²) in [6, 6.07) is 7.11. The van der Waals surface area contributed by atoms with Crippen molar-refractivity contribution >= 4 is 5.91 Å². The Bertz CT molecular complexity index is 537. The number of carbonyl (C=O) groups is 1. The number of nitrogens with zero attached hydrogens (tertiary/aromatic N) is 1. The van der Waals surface area contributed by atoms with Crippen LogP contribution in [0.5, 0.6) is 0 Å². The number of aliphatic hydroxyl groups is 1. The van der Waals surface area contributed by atoms with Gasteiger partial charge in [0.15, 0.2) is 11.5 Å². The lowest BCUT2D eigenvalue weighted by molar-refractivity contribution is 0.0936. The summed E-state index contributed by atoms with van der Waals surface area (Å²) >= 11 is 0. The number of aliphatic hydroxyl groups excluding tert-OH is 1. The van der Waals surface area contributed by atoms with E-state index >= 15 is 0 Å². The lowest BCUT2D eigenvalue weighted by atomic mass is 10.1. The lowest BCUT2D eigenvalue weighted by Gasteiger charge is -1.97. The van der Waals surface area contributed by atoms with Crippen LogP contribution in [0.1, 0.15) is 10.5 Å². The molecule has 2 N–H and O–H groups in total. The van der Waals surface area contributed by atoms with Gasteiger partial charge in [-0.05, 0) is 24.3 Å². The highest BCUT2D eigenvalue weighted by Crippen LogP contribution is 2.20. The van der Waals surface area contributed by atoms with E-state index in [1.165, 1.54) is 30.3 Å². The Kier molecular flexibility index (Phi) is 3.69. The maximum Gasteiger partial charge on any atom is 0.273 e. The van der Waals surface area contributed by atoms with Crippen LogP contribution in [-0.2, 0) is 0 Å². The third-order valence-corrected chi connectivity index (χ3v) is 2.27. The number of nitrogens with one attached hydrogen (secondary N) is 1. The fourth-order valence-corrected chi connectivity index (χ4v) is 1.39. The molecule has 0 spiro atoms. The smallest absolute Gasteiger partial charge is 0.273 e. The van der Waals surface area contributed by atoms with E-state index < -0.39 is 5.91 Å². The second-order valence-corrected chi connectivity index (χ2v) is 3.56. The average Bonchev–Trinajstić information content (AvgIpc) is 2.86. The van der Waals surface area contributed by atoms with Gasteiger partial charge in [-0.1, -0.05) is 5.16 Å². The van der Waals surface area contributed by atoms with Crippen molar-refractivity contribution in [3.8, 4) is 11.3 Å². The molecule has 0 aliphatic heterocycles. The van der Waals surface area contributed by atoms with Gasteiger partial charge in [-0.2, -0.15) is 0 Å². The van der Waals surface area contributed by atoms with Crippen LogP contribution in [0.4, 0.5) is 4.39 Å². The SMILES string of the molecule is O=C(NCCO)c1cc(-c2ccc(F)cc2)on1. The van der Waals surface area contributed by atoms with Crippen LogP contribution in [-0.4, -0.2) is 29.3 Å². The van der Waals surface area contributed by atoms with Crippen LogP contribution in [0.2, 0.25) is 0 Å². The number of hydrogen-bond donors (Lipinski definition) is 2. The van der Waals surface area contributed by atoms with E-state index in [-0.39, 0.29) is 24.7 Å². The van der Waals surface area contributed by atoms with Gasteiger partial charge in [-0.25, -0.2) is 4.39 Å². The van der Waals surface area contributed by atoms with E-state index in [9.17, 15) is 9.18 Å². The molecule has 1 aromatic carbocycles. The minimum absolute atomic E-state index is 0.114. The van der Waals surface area contributed by atoms with E-state index in [0.29, 0.717) is 11.3 Å². The molecule has 0 aliphatic carbocycles. The number of amides is 1. The van der Waals surface area contributed by atoms with Crippen molar-refractivity contribution in [3.05, 3.63) is 41.8 Å². The summed E-state index contributed by atoms with van der Waals surface area (Å²) in [4.78, 5) is 11.5. The van der Waals surface area contributed by atoms with E-state index in [0.717, 1.165) is 0 Å². The zero-order valence-electron chi connectivity index (χ0n) is 9.39. The molecule has 1 amide bonds.